The van der Waals surface area contributed by atoms with E-state index in [1.54, 1.807) is 48.5 Å². The fourth-order valence-corrected chi connectivity index (χ4v) is 5.68. The zero-order valence-corrected chi connectivity index (χ0v) is 19.3. The topological polar surface area (TPSA) is 86.2 Å². The van der Waals surface area contributed by atoms with E-state index in [1.807, 2.05) is 49.4 Å². The van der Waals surface area contributed by atoms with Crippen molar-refractivity contribution >= 4 is 10.8 Å². The number of aromatic nitrogens is 3. The van der Waals surface area contributed by atoms with E-state index in [4.69, 9.17) is 0 Å². The van der Waals surface area contributed by atoms with Gasteiger partial charge in [0.15, 0.2) is 0 Å². The Labute approximate surface area is 198 Å². The normalized spacial score (nSPS) is 18.2. The molecule has 8 heteroatoms. The molecule has 3 aromatic carbocycles. The van der Waals surface area contributed by atoms with Gasteiger partial charge in [0, 0.05) is 9.80 Å². The van der Waals surface area contributed by atoms with Gasteiger partial charge in [-0.3, -0.25) is 0 Å². The first kappa shape index (κ1) is 22.1. The number of aryl methyl sites for hydroxylation is 1. The summed E-state index contributed by atoms with van der Waals surface area (Å²) in [5, 5.41) is 10.2. The number of nitrogens with zero attached hydrogens (tertiary/aromatic N) is 3. The number of hydrogen-bond donors (Lipinski definition) is 1. The van der Waals surface area contributed by atoms with Crippen LogP contribution in [0, 0.1) is 6.92 Å². The van der Waals surface area contributed by atoms with Crippen molar-refractivity contribution in [1.82, 2.24) is 13.9 Å². The van der Waals surface area contributed by atoms with Gasteiger partial charge in [0.1, 0.15) is 6.04 Å². The molecule has 2 heterocycles. The molecular weight excluding hydrogens is 450 g/mol. The number of aliphatic hydroxyl groups excluding tert-OH is 1. The van der Waals surface area contributed by atoms with Crippen LogP contribution < -0.4 is 11.4 Å². The fourth-order valence-electron chi connectivity index (χ4n) is 4.31. The first-order valence-corrected chi connectivity index (χ1v) is 12.0. The molecule has 0 spiro atoms. The van der Waals surface area contributed by atoms with E-state index in [-0.39, 0.29) is 0 Å². The average Bonchev–Trinajstić information content (AvgIpc) is 3.14. The Balaban J connectivity index is 1.78. The van der Waals surface area contributed by atoms with Gasteiger partial charge in [0.25, 0.3) is 0 Å². The molecule has 7 nitrogen and oxygen atoms in total. The van der Waals surface area contributed by atoms with Crippen LogP contribution in [-0.4, -0.2) is 29.9 Å². The standard InChI is InChI=1S/C26H23N3O4S/c1-18-12-14-22(15-13-18)34(33)23-16-21(17-30)28-25(31)27(20-10-6-3-7-11-20)26(32)29(28)24(23)19-8-4-2-5-9-19/h2-16,21,24,30H,17H2,1H3/t21-,24+,34?/m1/s1. The van der Waals surface area contributed by atoms with Crippen LogP contribution in [0.25, 0.3) is 5.69 Å². The van der Waals surface area contributed by atoms with Crippen molar-refractivity contribution in [2.24, 2.45) is 0 Å². The first-order valence-electron chi connectivity index (χ1n) is 10.9. The van der Waals surface area contributed by atoms with Gasteiger partial charge in [0.05, 0.1) is 29.1 Å². The van der Waals surface area contributed by atoms with Crippen molar-refractivity contribution in [3.05, 3.63) is 128 Å². The van der Waals surface area contributed by atoms with Crippen molar-refractivity contribution in [2.75, 3.05) is 6.61 Å². The molecule has 0 aliphatic carbocycles. The molecule has 172 valence electrons. The zero-order chi connectivity index (χ0) is 23.8. The van der Waals surface area contributed by atoms with Crippen molar-refractivity contribution in [1.29, 1.82) is 0 Å². The van der Waals surface area contributed by atoms with E-state index in [0.29, 0.717) is 21.1 Å². The molecule has 0 saturated carbocycles. The summed E-state index contributed by atoms with van der Waals surface area (Å²) in [4.78, 5) is 28.2. The number of rotatable bonds is 5. The van der Waals surface area contributed by atoms with Gasteiger partial charge in [-0.05, 0) is 42.8 Å². The molecule has 1 unspecified atom stereocenters. The molecule has 1 aliphatic heterocycles. The summed E-state index contributed by atoms with van der Waals surface area (Å²) in [7, 11) is -1.62. The van der Waals surface area contributed by atoms with Crippen LogP contribution in [0.3, 0.4) is 0 Å². The Morgan fingerprint density at radius 3 is 2.03 bits per heavy atom. The van der Waals surface area contributed by atoms with E-state index < -0.39 is 40.9 Å². The Bertz CT molecular complexity index is 1500. The Morgan fingerprint density at radius 1 is 0.824 bits per heavy atom. The van der Waals surface area contributed by atoms with Crippen molar-refractivity contribution < 1.29 is 9.32 Å². The second-order valence-electron chi connectivity index (χ2n) is 8.14. The van der Waals surface area contributed by atoms with Crippen molar-refractivity contribution in [2.45, 2.75) is 23.9 Å². The second kappa shape index (κ2) is 8.89. The summed E-state index contributed by atoms with van der Waals surface area (Å²) < 4.78 is 17.5. The SMILES string of the molecule is Cc1ccc(S(=O)C2=C[C@H](CO)n3c(=O)n(-c4ccccc4)c(=O)n3[C@H]2c2ccccc2)cc1. The number of para-hydroxylation sites is 1. The van der Waals surface area contributed by atoms with Crippen LogP contribution in [0.5, 0.6) is 0 Å². The lowest BCUT2D eigenvalue weighted by Crippen LogP contribution is -2.39. The molecule has 0 amide bonds. The molecule has 0 bridgehead atoms. The highest BCUT2D eigenvalue weighted by atomic mass is 32.2. The minimum atomic E-state index is -1.62. The van der Waals surface area contributed by atoms with E-state index >= 15 is 0 Å². The van der Waals surface area contributed by atoms with Gasteiger partial charge in [-0.1, -0.05) is 66.2 Å². The van der Waals surface area contributed by atoms with Crippen LogP contribution in [0.15, 0.2) is 110 Å². The maximum atomic E-state index is 13.8. The molecular formula is C26H23N3O4S. The van der Waals surface area contributed by atoms with E-state index in [2.05, 4.69) is 0 Å². The van der Waals surface area contributed by atoms with Crippen LogP contribution in [0.1, 0.15) is 23.2 Å². The van der Waals surface area contributed by atoms with Crippen molar-refractivity contribution in [3.8, 4) is 5.69 Å². The third-order valence-electron chi connectivity index (χ3n) is 5.96. The summed E-state index contributed by atoms with van der Waals surface area (Å²) in [5.74, 6) is 0. The van der Waals surface area contributed by atoms with Crippen LogP contribution >= 0.6 is 0 Å². The monoisotopic (exact) mass is 473 g/mol. The number of benzene rings is 3. The lowest BCUT2D eigenvalue weighted by Gasteiger charge is -2.30. The average molecular weight is 474 g/mol. The van der Waals surface area contributed by atoms with Gasteiger partial charge in [-0.15, -0.1) is 0 Å². The Hall–Kier alpha value is -3.75. The van der Waals surface area contributed by atoms with Gasteiger partial charge in [-0.25, -0.2) is 27.7 Å². The molecule has 0 radical (unpaired) electrons. The third-order valence-corrected chi connectivity index (χ3v) is 7.45. The molecule has 34 heavy (non-hydrogen) atoms. The molecule has 5 rings (SSSR count). The fraction of sp³-hybridized carbons (Fsp3) is 0.154. The molecule has 1 aliphatic rings. The molecule has 0 fully saturated rings. The lowest BCUT2D eigenvalue weighted by atomic mass is 10.0. The van der Waals surface area contributed by atoms with Gasteiger partial charge in [0.2, 0.25) is 0 Å². The summed E-state index contributed by atoms with van der Waals surface area (Å²) in [5.41, 5.74) is 1.06. The first-order chi connectivity index (χ1) is 16.5. The van der Waals surface area contributed by atoms with Gasteiger partial charge < -0.3 is 5.11 Å². The number of fused-ring (bicyclic) bond motifs is 1. The summed E-state index contributed by atoms with van der Waals surface area (Å²) in [6.07, 6.45) is 1.66. The highest BCUT2D eigenvalue weighted by molar-refractivity contribution is 7.89. The highest BCUT2D eigenvalue weighted by Gasteiger charge is 2.37. The number of hydrogen-bond acceptors (Lipinski definition) is 4. The molecule has 1 aromatic heterocycles. The van der Waals surface area contributed by atoms with E-state index in [9.17, 15) is 18.9 Å². The minimum absolute atomic E-state index is 0.422. The smallest absolute Gasteiger partial charge is 0.352 e. The summed E-state index contributed by atoms with van der Waals surface area (Å²) in [6.45, 7) is 1.53. The van der Waals surface area contributed by atoms with Crippen LogP contribution in [-0.2, 0) is 10.8 Å². The quantitative estimate of drug-likeness (QED) is 0.483. The van der Waals surface area contributed by atoms with Crippen LogP contribution in [0.2, 0.25) is 0 Å². The zero-order valence-electron chi connectivity index (χ0n) is 18.4. The Morgan fingerprint density at radius 2 is 1.41 bits per heavy atom. The predicted octanol–water partition coefficient (Wildman–Crippen LogP) is 2.94. The number of allylic oxidation sites excluding steroid dienone is 1. The molecule has 1 N–H and O–H groups in total. The molecule has 4 aromatic rings. The largest absolute Gasteiger partial charge is 0.394 e. The Kier molecular flexibility index (Phi) is 5.77. The highest BCUT2D eigenvalue weighted by Crippen LogP contribution is 2.35. The second-order valence-corrected chi connectivity index (χ2v) is 9.62. The lowest BCUT2D eigenvalue weighted by molar-refractivity contribution is 0.217. The summed E-state index contributed by atoms with van der Waals surface area (Å²) >= 11 is 0. The van der Waals surface area contributed by atoms with Crippen molar-refractivity contribution in [3.63, 3.8) is 0 Å². The van der Waals surface area contributed by atoms with Crippen LogP contribution in [0.4, 0.5) is 0 Å². The minimum Gasteiger partial charge on any atom is -0.394 e. The van der Waals surface area contributed by atoms with Gasteiger partial charge >= 0.3 is 11.4 Å². The molecule has 3 atom stereocenters. The maximum Gasteiger partial charge on any atom is 0.352 e. The van der Waals surface area contributed by atoms with E-state index in [0.717, 1.165) is 10.1 Å². The predicted molar refractivity (Wildman–Crippen MR) is 131 cm³/mol. The van der Waals surface area contributed by atoms with Gasteiger partial charge in [-0.2, -0.15) is 0 Å². The molecule has 0 saturated heterocycles. The maximum absolute atomic E-state index is 13.8. The van der Waals surface area contributed by atoms with E-state index in [1.165, 1.54) is 9.36 Å². The number of aliphatic hydroxyl groups is 1. The summed E-state index contributed by atoms with van der Waals surface area (Å²) in [6, 6.07) is 23.6. The third kappa shape index (κ3) is 3.61.